The van der Waals surface area contributed by atoms with E-state index in [-0.39, 0.29) is 5.91 Å². The van der Waals surface area contributed by atoms with Gasteiger partial charge in [0, 0.05) is 11.3 Å². The summed E-state index contributed by atoms with van der Waals surface area (Å²) >= 11 is 0. The van der Waals surface area contributed by atoms with Crippen LogP contribution in [-0.4, -0.2) is 11.6 Å². The third-order valence-electron chi connectivity index (χ3n) is 5.24. The van der Waals surface area contributed by atoms with Crippen molar-refractivity contribution in [2.24, 2.45) is 16.9 Å². The summed E-state index contributed by atoms with van der Waals surface area (Å²) in [4.78, 5) is 12.0. The molecule has 1 N–H and O–H groups in total. The molecule has 2 saturated carbocycles. The van der Waals surface area contributed by atoms with Crippen LogP contribution in [0.5, 0.6) is 0 Å². The largest absolute Gasteiger partial charge is 0.271 e. The lowest BCUT2D eigenvalue weighted by molar-refractivity contribution is -0.117. The van der Waals surface area contributed by atoms with E-state index in [2.05, 4.69) is 23.7 Å². The van der Waals surface area contributed by atoms with Crippen LogP contribution in [0.1, 0.15) is 64.2 Å². The second-order valence-electron chi connectivity index (χ2n) is 6.77. The van der Waals surface area contributed by atoms with Crippen molar-refractivity contribution in [1.82, 2.24) is 5.43 Å². The molecule has 0 radical (unpaired) electrons. The van der Waals surface area contributed by atoms with Gasteiger partial charge in [-0.15, -0.1) is 0 Å². The maximum atomic E-state index is 12.0. The number of nitrogens with one attached hydrogen (secondary N) is 1. The zero-order chi connectivity index (χ0) is 16.5. The van der Waals surface area contributed by atoms with Gasteiger partial charge in [-0.05, 0) is 50.4 Å². The highest BCUT2D eigenvalue weighted by Gasteiger charge is 2.25. The van der Waals surface area contributed by atoms with Crippen LogP contribution >= 0.6 is 0 Å². The van der Waals surface area contributed by atoms with Crippen molar-refractivity contribution in [3.05, 3.63) is 37.0 Å². The standard InChI is InChI=1S/C20H30N2O/c1-3-9-16(4-2)20(23)22-21-19-14-7-12-18(13-8-15-19)17-10-5-6-11-17/h3-4,9,17-18H,1-2,5-8,10-15H2,(H,22,23)/b16-9+,21-19?. The molecule has 0 aromatic carbocycles. The molecule has 0 saturated heterocycles. The van der Waals surface area contributed by atoms with Crippen LogP contribution in [-0.2, 0) is 4.79 Å². The molecule has 2 rings (SSSR count). The number of hydrogen-bond acceptors (Lipinski definition) is 2. The van der Waals surface area contributed by atoms with E-state index in [1.54, 1.807) is 12.2 Å². The Kier molecular flexibility index (Phi) is 7.31. The summed E-state index contributed by atoms with van der Waals surface area (Å²) in [6.07, 6.45) is 17.6. The van der Waals surface area contributed by atoms with Gasteiger partial charge in [0.25, 0.3) is 5.91 Å². The molecular formula is C20H30N2O. The highest BCUT2D eigenvalue weighted by molar-refractivity contribution is 5.97. The summed E-state index contributed by atoms with van der Waals surface area (Å²) in [5.74, 6) is 1.70. The summed E-state index contributed by atoms with van der Waals surface area (Å²) in [7, 11) is 0. The molecule has 23 heavy (non-hydrogen) atoms. The first-order chi connectivity index (χ1) is 11.2. The maximum absolute atomic E-state index is 12.0. The minimum atomic E-state index is -0.210. The van der Waals surface area contributed by atoms with Gasteiger partial charge in [0.1, 0.15) is 0 Å². The van der Waals surface area contributed by atoms with Gasteiger partial charge < -0.3 is 0 Å². The number of nitrogens with zero attached hydrogens (tertiary/aromatic N) is 1. The normalized spacial score (nSPS) is 23.7. The highest BCUT2D eigenvalue weighted by atomic mass is 16.2. The average molecular weight is 314 g/mol. The number of carbonyl (C=O) groups is 1. The maximum Gasteiger partial charge on any atom is 0.271 e. The SMILES string of the molecule is C=C/C=C(\C=C)C(=O)NN=C1CCCC(C2CCCC2)CCC1. The van der Waals surface area contributed by atoms with Gasteiger partial charge in [0.05, 0.1) is 0 Å². The van der Waals surface area contributed by atoms with Crippen LogP contribution in [0.25, 0.3) is 0 Å². The summed E-state index contributed by atoms with van der Waals surface area (Å²) in [5, 5.41) is 4.35. The summed E-state index contributed by atoms with van der Waals surface area (Å²) in [6, 6.07) is 0. The van der Waals surface area contributed by atoms with Gasteiger partial charge in [-0.3, -0.25) is 4.79 Å². The zero-order valence-electron chi connectivity index (χ0n) is 14.2. The number of hydrogen-bond donors (Lipinski definition) is 1. The fourth-order valence-electron chi connectivity index (χ4n) is 3.98. The molecule has 0 bridgehead atoms. The van der Waals surface area contributed by atoms with Crippen molar-refractivity contribution in [3.63, 3.8) is 0 Å². The van der Waals surface area contributed by atoms with Gasteiger partial charge >= 0.3 is 0 Å². The number of allylic oxidation sites excluding steroid dienone is 2. The van der Waals surface area contributed by atoms with Crippen LogP contribution in [0.2, 0.25) is 0 Å². The first kappa shape index (κ1) is 17.7. The summed E-state index contributed by atoms with van der Waals surface area (Å²) in [6.45, 7) is 7.25. The Balaban J connectivity index is 1.83. The van der Waals surface area contributed by atoms with Crippen molar-refractivity contribution in [2.75, 3.05) is 0 Å². The Hall–Kier alpha value is -1.64. The lowest BCUT2D eigenvalue weighted by Gasteiger charge is -2.25. The summed E-state index contributed by atoms with van der Waals surface area (Å²) in [5.41, 5.74) is 4.29. The van der Waals surface area contributed by atoms with E-state index in [1.165, 1.54) is 57.4 Å². The molecule has 2 fully saturated rings. The third kappa shape index (κ3) is 5.49. The number of hydrazone groups is 1. The average Bonchev–Trinajstić information content (AvgIpc) is 3.05. The van der Waals surface area contributed by atoms with Crippen LogP contribution in [0, 0.1) is 11.8 Å². The first-order valence-electron chi connectivity index (χ1n) is 9.05. The second-order valence-corrected chi connectivity index (χ2v) is 6.77. The molecule has 2 aliphatic carbocycles. The van der Waals surface area contributed by atoms with Crippen molar-refractivity contribution < 1.29 is 4.79 Å². The Morgan fingerprint density at radius 3 is 2.09 bits per heavy atom. The molecule has 0 aromatic rings. The van der Waals surface area contributed by atoms with E-state index in [1.807, 2.05) is 0 Å². The Bertz CT molecular complexity index is 472. The predicted octanol–water partition coefficient (Wildman–Crippen LogP) is 4.92. The molecule has 3 nitrogen and oxygen atoms in total. The third-order valence-corrected chi connectivity index (χ3v) is 5.24. The van der Waals surface area contributed by atoms with E-state index in [9.17, 15) is 4.79 Å². The highest BCUT2D eigenvalue weighted by Crippen LogP contribution is 2.37. The molecule has 2 aliphatic rings. The van der Waals surface area contributed by atoms with E-state index in [0.717, 1.165) is 30.4 Å². The predicted molar refractivity (Wildman–Crippen MR) is 97.2 cm³/mol. The van der Waals surface area contributed by atoms with Gasteiger partial charge in [-0.25, -0.2) is 5.43 Å². The molecule has 1 amide bonds. The van der Waals surface area contributed by atoms with Crippen LogP contribution < -0.4 is 5.43 Å². The minimum absolute atomic E-state index is 0.210. The summed E-state index contributed by atoms with van der Waals surface area (Å²) < 4.78 is 0. The number of rotatable bonds is 5. The van der Waals surface area contributed by atoms with Crippen molar-refractivity contribution in [2.45, 2.75) is 64.2 Å². The molecule has 0 aromatic heterocycles. The minimum Gasteiger partial charge on any atom is -0.267 e. The topological polar surface area (TPSA) is 41.5 Å². The molecule has 126 valence electrons. The first-order valence-corrected chi connectivity index (χ1v) is 9.05. The van der Waals surface area contributed by atoms with Crippen molar-refractivity contribution >= 4 is 11.6 Å². The fraction of sp³-hybridized carbons (Fsp3) is 0.600. The number of amides is 1. The van der Waals surface area contributed by atoms with Gasteiger partial charge in [-0.1, -0.05) is 57.1 Å². The van der Waals surface area contributed by atoms with Crippen LogP contribution in [0.3, 0.4) is 0 Å². The Labute approximate surface area is 140 Å². The molecule has 0 atom stereocenters. The van der Waals surface area contributed by atoms with E-state index in [4.69, 9.17) is 0 Å². The smallest absolute Gasteiger partial charge is 0.267 e. The van der Waals surface area contributed by atoms with Crippen LogP contribution in [0.4, 0.5) is 0 Å². The van der Waals surface area contributed by atoms with Gasteiger partial charge in [-0.2, -0.15) is 5.10 Å². The molecule has 0 unspecified atom stereocenters. The molecule has 0 spiro atoms. The molecule has 3 heteroatoms. The second kappa shape index (κ2) is 9.49. The Morgan fingerprint density at radius 2 is 1.57 bits per heavy atom. The van der Waals surface area contributed by atoms with Gasteiger partial charge in [0.15, 0.2) is 0 Å². The zero-order valence-corrected chi connectivity index (χ0v) is 14.2. The van der Waals surface area contributed by atoms with Gasteiger partial charge in [0.2, 0.25) is 0 Å². The van der Waals surface area contributed by atoms with Crippen molar-refractivity contribution in [3.8, 4) is 0 Å². The molecule has 0 aliphatic heterocycles. The quantitative estimate of drug-likeness (QED) is 0.437. The molecule has 0 heterocycles. The van der Waals surface area contributed by atoms with E-state index in [0.29, 0.717) is 5.57 Å². The number of carbonyl (C=O) groups excluding carboxylic acids is 1. The lowest BCUT2D eigenvalue weighted by Crippen LogP contribution is -2.22. The van der Waals surface area contributed by atoms with Crippen molar-refractivity contribution in [1.29, 1.82) is 0 Å². The Morgan fingerprint density at radius 1 is 1.00 bits per heavy atom. The lowest BCUT2D eigenvalue weighted by atomic mass is 9.81. The monoisotopic (exact) mass is 314 g/mol. The van der Waals surface area contributed by atoms with Crippen LogP contribution in [0.15, 0.2) is 42.1 Å². The van der Waals surface area contributed by atoms with E-state index >= 15 is 0 Å². The fourth-order valence-corrected chi connectivity index (χ4v) is 3.98. The molecular weight excluding hydrogens is 284 g/mol. The van der Waals surface area contributed by atoms with E-state index < -0.39 is 0 Å².